The number of alkyl halides is 3. The minimum absolute atomic E-state index is 0.0313. The van der Waals surface area contributed by atoms with Gasteiger partial charge in [-0.3, -0.25) is 4.90 Å². The molecule has 0 unspecified atom stereocenters. The molecule has 6 heteroatoms. The summed E-state index contributed by atoms with van der Waals surface area (Å²) in [5.41, 5.74) is -3.04. The Morgan fingerprint density at radius 3 is 2.21 bits per heavy atom. The Bertz CT molecular complexity index is 488. The van der Waals surface area contributed by atoms with Crippen molar-refractivity contribution in [2.45, 2.75) is 48.5 Å². The Hall–Kier alpha value is -0.720. The van der Waals surface area contributed by atoms with Crippen LogP contribution in [0.3, 0.4) is 0 Å². The summed E-state index contributed by atoms with van der Waals surface area (Å²) in [6.07, 6.45) is 6.32. The first-order valence-electron chi connectivity index (χ1n) is 8.83. The number of piperazine rings is 1. The minimum atomic E-state index is -4.22. The molecule has 1 aromatic carbocycles. The fourth-order valence-corrected chi connectivity index (χ4v) is 4.60. The van der Waals surface area contributed by atoms with Crippen molar-refractivity contribution in [3.8, 4) is 0 Å². The molecule has 134 valence electrons. The summed E-state index contributed by atoms with van der Waals surface area (Å²) in [5.74, 6) is 0.623. The van der Waals surface area contributed by atoms with Crippen molar-refractivity contribution in [3.63, 3.8) is 0 Å². The van der Waals surface area contributed by atoms with E-state index in [1.807, 2.05) is 12.1 Å². The molecule has 1 heterocycles. The molecule has 1 N–H and O–H groups in total. The van der Waals surface area contributed by atoms with E-state index in [-0.39, 0.29) is 16.7 Å². The summed E-state index contributed by atoms with van der Waals surface area (Å²) in [7, 11) is 0. The third kappa shape index (κ3) is 4.90. The second kappa shape index (κ2) is 8.11. The lowest BCUT2D eigenvalue weighted by molar-refractivity contribution is -0.0328. The Balaban J connectivity index is 1.78. The van der Waals surface area contributed by atoms with Crippen LogP contribution in [0.4, 0.5) is 13.2 Å². The maximum atomic E-state index is 12.5. The number of nitrogens with one attached hydrogen (secondary N) is 1. The predicted molar refractivity (Wildman–Crippen MR) is 92.1 cm³/mol. The number of hydrogen-bond acceptors (Lipinski definition) is 3. The van der Waals surface area contributed by atoms with Crippen LogP contribution in [-0.4, -0.2) is 36.6 Å². The van der Waals surface area contributed by atoms with Crippen molar-refractivity contribution in [1.29, 1.82) is 0 Å². The van der Waals surface area contributed by atoms with Crippen molar-refractivity contribution >= 4 is 11.8 Å². The van der Waals surface area contributed by atoms with Crippen molar-refractivity contribution in [2.75, 3.05) is 26.2 Å². The van der Waals surface area contributed by atoms with Crippen LogP contribution in [0, 0.1) is 5.92 Å². The van der Waals surface area contributed by atoms with Gasteiger partial charge in [0.25, 0.3) is 0 Å². The first-order valence-corrected chi connectivity index (χ1v) is 9.65. The summed E-state index contributed by atoms with van der Waals surface area (Å²) in [6, 6.07) is 7.43. The third-order valence-electron chi connectivity index (χ3n) is 5.10. The van der Waals surface area contributed by atoms with Crippen LogP contribution in [0.2, 0.25) is 0 Å². The standard InChI is InChI=1S/C18H25F3N2S/c19-18(20,21)24-16-8-6-15(7-9-16)17(14-4-2-1-3-5-14)23-12-10-22-11-13-23/h6-9,14,17,22H,1-5,10-13H2/t17-/m0/s1. The normalized spacial score (nSPS) is 22.5. The largest absolute Gasteiger partial charge is 0.446 e. The summed E-state index contributed by atoms with van der Waals surface area (Å²) in [4.78, 5) is 2.80. The molecule has 1 aliphatic heterocycles. The van der Waals surface area contributed by atoms with Gasteiger partial charge in [-0.1, -0.05) is 31.4 Å². The molecule has 1 saturated carbocycles. The molecule has 3 rings (SSSR count). The fourth-order valence-electron chi connectivity index (χ4n) is 4.06. The molecule has 0 spiro atoms. The Morgan fingerprint density at radius 1 is 1.00 bits per heavy atom. The zero-order valence-electron chi connectivity index (χ0n) is 13.8. The van der Waals surface area contributed by atoms with Crippen LogP contribution in [0.1, 0.15) is 43.7 Å². The highest BCUT2D eigenvalue weighted by Crippen LogP contribution is 2.41. The van der Waals surface area contributed by atoms with Crippen LogP contribution < -0.4 is 5.32 Å². The average molecular weight is 358 g/mol. The summed E-state index contributed by atoms with van der Waals surface area (Å²) in [5, 5.41) is 3.39. The van der Waals surface area contributed by atoms with E-state index < -0.39 is 5.51 Å². The van der Waals surface area contributed by atoms with Gasteiger partial charge in [-0.15, -0.1) is 0 Å². The number of benzene rings is 1. The van der Waals surface area contributed by atoms with Crippen molar-refractivity contribution in [3.05, 3.63) is 29.8 Å². The Morgan fingerprint density at radius 2 is 1.62 bits per heavy atom. The predicted octanol–water partition coefficient (Wildman–Crippen LogP) is 4.83. The average Bonchev–Trinajstić information content (AvgIpc) is 2.57. The van der Waals surface area contributed by atoms with Gasteiger partial charge in [0.15, 0.2) is 0 Å². The molecule has 2 aliphatic rings. The highest BCUT2D eigenvalue weighted by atomic mass is 32.2. The van der Waals surface area contributed by atoms with E-state index in [1.165, 1.54) is 37.7 Å². The molecule has 0 aromatic heterocycles. The van der Waals surface area contributed by atoms with Crippen LogP contribution in [0.25, 0.3) is 0 Å². The first kappa shape index (κ1) is 18.1. The van der Waals surface area contributed by atoms with Gasteiger partial charge in [-0.05, 0) is 48.2 Å². The number of rotatable bonds is 4. The van der Waals surface area contributed by atoms with E-state index in [2.05, 4.69) is 10.2 Å². The third-order valence-corrected chi connectivity index (χ3v) is 5.84. The summed E-state index contributed by atoms with van der Waals surface area (Å²) >= 11 is -0.0313. The number of halogens is 3. The maximum Gasteiger partial charge on any atom is 0.446 e. The molecule has 0 radical (unpaired) electrons. The van der Waals surface area contributed by atoms with Gasteiger partial charge >= 0.3 is 5.51 Å². The SMILES string of the molecule is FC(F)(F)Sc1ccc([C@H](C2CCCCC2)N2CCNCC2)cc1. The van der Waals surface area contributed by atoms with Gasteiger partial charge in [0.1, 0.15) is 0 Å². The molecular formula is C18H25F3N2S. The van der Waals surface area contributed by atoms with Crippen LogP contribution in [-0.2, 0) is 0 Å². The summed E-state index contributed by atoms with van der Waals surface area (Å²) in [6.45, 7) is 4.01. The lowest BCUT2D eigenvalue weighted by Gasteiger charge is -2.41. The van der Waals surface area contributed by atoms with E-state index in [4.69, 9.17) is 0 Å². The molecule has 2 nitrogen and oxygen atoms in total. The highest BCUT2D eigenvalue weighted by Gasteiger charge is 2.32. The van der Waals surface area contributed by atoms with Gasteiger partial charge in [-0.2, -0.15) is 13.2 Å². The van der Waals surface area contributed by atoms with Gasteiger partial charge in [0, 0.05) is 37.1 Å². The van der Waals surface area contributed by atoms with E-state index in [0.29, 0.717) is 12.0 Å². The monoisotopic (exact) mass is 358 g/mol. The molecule has 1 aliphatic carbocycles. The molecule has 1 atom stereocenters. The Labute approximate surface area is 146 Å². The van der Waals surface area contributed by atoms with E-state index >= 15 is 0 Å². The first-order chi connectivity index (χ1) is 11.5. The van der Waals surface area contributed by atoms with Crippen molar-refractivity contribution in [2.24, 2.45) is 5.92 Å². The van der Waals surface area contributed by atoms with Gasteiger partial charge in [0.05, 0.1) is 0 Å². The van der Waals surface area contributed by atoms with Crippen LogP contribution >= 0.6 is 11.8 Å². The molecule has 1 aromatic rings. The molecule has 2 fully saturated rings. The molecule has 1 saturated heterocycles. The van der Waals surface area contributed by atoms with Crippen molar-refractivity contribution in [1.82, 2.24) is 10.2 Å². The molecule has 0 bridgehead atoms. The van der Waals surface area contributed by atoms with Gasteiger partial charge in [-0.25, -0.2) is 0 Å². The maximum absolute atomic E-state index is 12.5. The minimum Gasteiger partial charge on any atom is -0.314 e. The zero-order valence-corrected chi connectivity index (χ0v) is 14.6. The van der Waals surface area contributed by atoms with Crippen LogP contribution in [0.15, 0.2) is 29.2 Å². The van der Waals surface area contributed by atoms with E-state index in [0.717, 1.165) is 26.2 Å². The smallest absolute Gasteiger partial charge is 0.314 e. The Kier molecular flexibility index (Phi) is 6.11. The second-order valence-corrected chi connectivity index (χ2v) is 7.88. The topological polar surface area (TPSA) is 15.3 Å². The van der Waals surface area contributed by atoms with Crippen molar-refractivity contribution < 1.29 is 13.2 Å². The highest BCUT2D eigenvalue weighted by molar-refractivity contribution is 8.00. The second-order valence-electron chi connectivity index (χ2n) is 6.75. The molecular weight excluding hydrogens is 333 g/mol. The number of thioether (sulfide) groups is 1. The lowest BCUT2D eigenvalue weighted by atomic mass is 9.80. The van der Waals surface area contributed by atoms with Crippen LogP contribution in [0.5, 0.6) is 0 Å². The van der Waals surface area contributed by atoms with Gasteiger partial charge < -0.3 is 5.32 Å². The number of nitrogens with zero attached hydrogens (tertiary/aromatic N) is 1. The quantitative estimate of drug-likeness (QED) is 0.777. The number of hydrogen-bond donors (Lipinski definition) is 1. The fraction of sp³-hybridized carbons (Fsp3) is 0.667. The van der Waals surface area contributed by atoms with E-state index in [1.54, 1.807) is 12.1 Å². The van der Waals surface area contributed by atoms with Gasteiger partial charge in [0.2, 0.25) is 0 Å². The zero-order chi connectivity index (χ0) is 17.0. The van der Waals surface area contributed by atoms with E-state index in [9.17, 15) is 13.2 Å². The lowest BCUT2D eigenvalue weighted by Crippen LogP contribution is -2.47. The summed E-state index contributed by atoms with van der Waals surface area (Å²) < 4.78 is 37.6. The molecule has 24 heavy (non-hydrogen) atoms. The molecule has 0 amide bonds.